The number of nitrogens with two attached hydrogens (primary N) is 2. The van der Waals surface area contributed by atoms with Crippen molar-refractivity contribution >= 4 is 17.3 Å². The first kappa shape index (κ1) is 12.7. The summed E-state index contributed by atoms with van der Waals surface area (Å²) in [5.74, 6) is 0.284. The van der Waals surface area contributed by atoms with Gasteiger partial charge in [0.15, 0.2) is 0 Å². The zero-order valence-corrected chi connectivity index (χ0v) is 10.3. The van der Waals surface area contributed by atoms with Crippen LogP contribution in [0.3, 0.4) is 0 Å². The number of rotatable bonds is 7. The summed E-state index contributed by atoms with van der Waals surface area (Å²) in [4.78, 5) is 11.3. The Morgan fingerprint density at radius 1 is 1.44 bits per heavy atom. The van der Waals surface area contributed by atoms with E-state index in [-0.39, 0.29) is 0 Å². The van der Waals surface area contributed by atoms with Crippen molar-refractivity contribution < 1.29 is 9.53 Å². The number of nitrogen functional groups attached to an aromatic ring is 1. The zero-order valence-electron chi connectivity index (χ0n) is 10.3. The maximum absolute atomic E-state index is 11.3. The first-order chi connectivity index (χ1) is 8.66. The Morgan fingerprint density at radius 2 is 2.22 bits per heavy atom. The van der Waals surface area contributed by atoms with E-state index in [0.29, 0.717) is 30.1 Å². The van der Waals surface area contributed by atoms with E-state index in [2.05, 4.69) is 5.32 Å². The minimum absolute atomic E-state index is 0.414. The normalized spacial score (nSPS) is 14.4. The largest absolute Gasteiger partial charge is 0.399 e. The van der Waals surface area contributed by atoms with Crippen molar-refractivity contribution in [2.75, 3.05) is 30.8 Å². The van der Waals surface area contributed by atoms with Crippen LogP contribution >= 0.6 is 0 Å². The molecule has 1 fully saturated rings. The fraction of sp³-hybridized carbons (Fsp3) is 0.462. The van der Waals surface area contributed by atoms with Crippen LogP contribution in [0.4, 0.5) is 11.4 Å². The standard InChI is InChI=1S/C13H19N3O2/c14-10-3-4-12(11(7-10)13(15)17)16-5-6-18-8-9-1-2-9/h3-4,7,9,16H,1-2,5-6,8,14H2,(H2,15,17). The van der Waals surface area contributed by atoms with E-state index in [1.807, 2.05) is 0 Å². The van der Waals surface area contributed by atoms with Gasteiger partial charge >= 0.3 is 0 Å². The van der Waals surface area contributed by atoms with Crippen molar-refractivity contribution in [3.63, 3.8) is 0 Å². The summed E-state index contributed by atoms with van der Waals surface area (Å²) in [7, 11) is 0. The lowest BCUT2D eigenvalue weighted by molar-refractivity contribution is 0.100. The van der Waals surface area contributed by atoms with E-state index in [9.17, 15) is 4.79 Å². The molecule has 0 aromatic heterocycles. The molecule has 1 aliphatic rings. The van der Waals surface area contributed by atoms with Gasteiger partial charge in [-0.2, -0.15) is 0 Å². The smallest absolute Gasteiger partial charge is 0.250 e. The number of carbonyl (C=O) groups excluding carboxylic acids is 1. The molecule has 0 saturated heterocycles. The van der Waals surface area contributed by atoms with Gasteiger partial charge in [0, 0.05) is 24.5 Å². The highest BCUT2D eigenvalue weighted by atomic mass is 16.5. The minimum Gasteiger partial charge on any atom is -0.399 e. The van der Waals surface area contributed by atoms with Crippen molar-refractivity contribution in [2.45, 2.75) is 12.8 Å². The summed E-state index contributed by atoms with van der Waals surface area (Å²) in [6.45, 7) is 2.11. The molecule has 1 aliphatic carbocycles. The topological polar surface area (TPSA) is 90.4 Å². The Morgan fingerprint density at radius 3 is 2.89 bits per heavy atom. The lowest BCUT2D eigenvalue weighted by atomic mass is 10.1. The minimum atomic E-state index is -0.483. The summed E-state index contributed by atoms with van der Waals surface area (Å²) < 4.78 is 5.50. The van der Waals surface area contributed by atoms with Gasteiger partial charge in [0.25, 0.3) is 5.91 Å². The average molecular weight is 249 g/mol. The van der Waals surface area contributed by atoms with Crippen LogP contribution in [0.1, 0.15) is 23.2 Å². The van der Waals surface area contributed by atoms with E-state index in [0.717, 1.165) is 12.5 Å². The fourth-order valence-corrected chi connectivity index (χ4v) is 1.71. The molecule has 5 heteroatoms. The molecule has 2 rings (SSSR count). The second-order valence-corrected chi connectivity index (χ2v) is 4.61. The van der Waals surface area contributed by atoms with Crippen LogP contribution in [0.25, 0.3) is 0 Å². The van der Waals surface area contributed by atoms with E-state index in [1.165, 1.54) is 12.8 Å². The van der Waals surface area contributed by atoms with E-state index >= 15 is 0 Å². The molecule has 1 amide bonds. The van der Waals surface area contributed by atoms with Gasteiger partial charge in [-0.3, -0.25) is 4.79 Å². The Labute approximate surface area is 106 Å². The zero-order chi connectivity index (χ0) is 13.0. The van der Waals surface area contributed by atoms with Gasteiger partial charge in [-0.25, -0.2) is 0 Å². The number of anilines is 2. The molecule has 0 bridgehead atoms. The number of primary amides is 1. The van der Waals surface area contributed by atoms with Crippen LogP contribution in [-0.2, 0) is 4.74 Å². The van der Waals surface area contributed by atoms with Crippen LogP contribution in [0.15, 0.2) is 18.2 Å². The first-order valence-corrected chi connectivity index (χ1v) is 6.18. The average Bonchev–Trinajstić information content (AvgIpc) is 3.14. The molecule has 98 valence electrons. The molecule has 0 atom stereocenters. The Kier molecular flexibility index (Phi) is 4.04. The van der Waals surface area contributed by atoms with E-state index in [1.54, 1.807) is 18.2 Å². The van der Waals surface area contributed by atoms with Crippen molar-refractivity contribution in [3.05, 3.63) is 23.8 Å². The number of ether oxygens (including phenoxy) is 1. The third-order valence-corrected chi connectivity index (χ3v) is 2.92. The molecular weight excluding hydrogens is 230 g/mol. The first-order valence-electron chi connectivity index (χ1n) is 6.18. The van der Waals surface area contributed by atoms with Gasteiger partial charge in [0.05, 0.1) is 12.2 Å². The highest BCUT2D eigenvalue weighted by Crippen LogP contribution is 2.28. The molecule has 5 nitrogen and oxygen atoms in total. The summed E-state index contributed by atoms with van der Waals surface area (Å²) in [5.41, 5.74) is 12.6. The lowest BCUT2D eigenvalue weighted by Crippen LogP contribution is -2.17. The number of hydrogen-bond acceptors (Lipinski definition) is 4. The summed E-state index contributed by atoms with van der Waals surface area (Å²) in [6.07, 6.45) is 2.58. The van der Waals surface area contributed by atoms with Crippen LogP contribution in [0.2, 0.25) is 0 Å². The molecule has 1 aromatic rings. The SMILES string of the molecule is NC(=O)c1cc(N)ccc1NCCOCC1CC1. The number of carbonyl (C=O) groups is 1. The lowest BCUT2D eigenvalue weighted by Gasteiger charge is -2.11. The highest BCUT2D eigenvalue weighted by molar-refractivity contribution is 5.99. The molecular formula is C13H19N3O2. The molecule has 1 aromatic carbocycles. The number of hydrogen-bond donors (Lipinski definition) is 3. The van der Waals surface area contributed by atoms with Crippen molar-refractivity contribution in [1.82, 2.24) is 0 Å². The van der Waals surface area contributed by atoms with Gasteiger partial charge in [-0.05, 0) is 37.0 Å². The fourth-order valence-electron chi connectivity index (χ4n) is 1.71. The summed E-state index contributed by atoms with van der Waals surface area (Å²) in [6, 6.07) is 5.08. The van der Waals surface area contributed by atoms with E-state index in [4.69, 9.17) is 16.2 Å². The Hall–Kier alpha value is -1.75. The molecule has 5 N–H and O–H groups in total. The van der Waals surface area contributed by atoms with Gasteiger partial charge in [-0.15, -0.1) is 0 Å². The number of benzene rings is 1. The van der Waals surface area contributed by atoms with Gasteiger partial charge < -0.3 is 21.5 Å². The molecule has 0 aliphatic heterocycles. The van der Waals surface area contributed by atoms with E-state index < -0.39 is 5.91 Å². The van der Waals surface area contributed by atoms with Crippen LogP contribution in [-0.4, -0.2) is 25.7 Å². The second kappa shape index (κ2) is 5.73. The highest BCUT2D eigenvalue weighted by Gasteiger charge is 2.20. The predicted molar refractivity (Wildman–Crippen MR) is 71.4 cm³/mol. The van der Waals surface area contributed by atoms with Crippen LogP contribution in [0.5, 0.6) is 0 Å². The maximum atomic E-state index is 11.3. The monoisotopic (exact) mass is 249 g/mol. The quantitative estimate of drug-likeness (QED) is 0.500. The predicted octanol–water partition coefficient (Wildman–Crippen LogP) is 1.21. The molecule has 0 unspecified atom stereocenters. The molecule has 0 heterocycles. The molecule has 0 radical (unpaired) electrons. The Bertz CT molecular complexity index is 430. The van der Waals surface area contributed by atoms with Crippen LogP contribution in [0, 0.1) is 5.92 Å². The van der Waals surface area contributed by atoms with Gasteiger partial charge in [0.2, 0.25) is 0 Å². The van der Waals surface area contributed by atoms with Crippen molar-refractivity contribution in [2.24, 2.45) is 11.7 Å². The summed E-state index contributed by atoms with van der Waals surface area (Å²) >= 11 is 0. The third-order valence-electron chi connectivity index (χ3n) is 2.92. The molecule has 0 spiro atoms. The van der Waals surface area contributed by atoms with Crippen molar-refractivity contribution in [1.29, 1.82) is 0 Å². The van der Waals surface area contributed by atoms with Crippen LogP contribution < -0.4 is 16.8 Å². The molecule has 18 heavy (non-hydrogen) atoms. The Balaban J connectivity index is 1.81. The van der Waals surface area contributed by atoms with Gasteiger partial charge in [0.1, 0.15) is 0 Å². The third kappa shape index (κ3) is 3.63. The second-order valence-electron chi connectivity index (χ2n) is 4.61. The number of amides is 1. The van der Waals surface area contributed by atoms with Crippen molar-refractivity contribution in [3.8, 4) is 0 Å². The maximum Gasteiger partial charge on any atom is 0.250 e. The summed E-state index contributed by atoms with van der Waals surface area (Å²) in [5, 5.41) is 3.13. The molecule has 1 saturated carbocycles. The number of nitrogens with one attached hydrogen (secondary N) is 1. The van der Waals surface area contributed by atoms with Gasteiger partial charge in [-0.1, -0.05) is 0 Å².